The smallest absolute Gasteiger partial charge is 0.325 e. The Morgan fingerprint density at radius 2 is 2.04 bits per heavy atom. The molecule has 1 spiro atoms. The normalized spacial score (nSPS) is 24.5. The summed E-state index contributed by atoms with van der Waals surface area (Å²) in [5.41, 5.74) is 3.41. The number of carbonyl (C=O) groups excluding carboxylic acids is 1. The van der Waals surface area contributed by atoms with E-state index in [2.05, 4.69) is 17.4 Å². The summed E-state index contributed by atoms with van der Waals surface area (Å²) < 4.78 is 27.1. The number of carbonyl (C=O) groups is 2. The van der Waals surface area contributed by atoms with Crippen LogP contribution in [0.2, 0.25) is 0 Å². The number of aromatic nitrogens is 1. The van der Waals surface area contributed by atoms with E-state index in [0.29, 0.717) is 56.8 Å². The zero-order valence-electron chi connectivity index (χ0n) is 26.2. The lowest BCUT2D eigenvalue weighted by atomic mass is 9.88. The number of benzene rings is 1. The number of fused-ring (bicyclic) bond motifs is 3. The second kappa shape index (κ2) is 12.6. The first-order valence-electron chi connectivity index (χ1n) is 16.9. The number of carboxylic acid groups (broad SMARTS) is 1. The van der Waals surface area contributed by atoms with Crippen LogP contribution < -0.4 is 10.2 Å². The molecular formula is C35H45FN4O5. The highest BCUT2D eigenvalue weighted by atomic mass is 19.1. The molecule has 3 atom stereocenters. The van der Waals surface area contributed by atoms with Crippen molar-refractivity contribution in [2.75, 3.05) is 43.6 Å². The van der Waals surface area contributed by atoms with Crippen molar-refractivity contribution in [1.82, 2.24) is 9.88 Å². The molecule has 1 aromatic heterocycles. The fourth-order valence-corrected chi connectivity index (χ4v) is 8.22. The number of aliphatic carboxylic acids is 1. The van der Waals surface area contributed by atoms with Crippen LogP contribution in [0, 0.1) is 5.82 Å². The quantitative estimate of drug-likeness (QED) is 0.333. The Morgan fingerprint density at radius 1 is 1.22 bits per heavy atom. The zero-order chi connectivity index (χ0) is 31.1. The third-order valence-electron chi connectivity index (χ3n) is 10.8. The first-order chi connectivity index (χ1) is 21.9. The molecule has 5 aliphatic rings. The van der Waals surface area contributed by atoms with Gasteiger partial charge >= 0.3 is 5.97 Å². The molecule has 10 heteroatoms. The maximum Gasteiger partial charge on any atom is 0.325 e. The van der Waals surface area contributed by atoms with Crippen molar-refractivity contribution in [2.45, 2.75) is 107 Å². The summed E-state index contributed by atoms with van der Waals surface area (Å²) in [5.74, 6) is -0.486. The first-order valence-corrected chi connectivity index (χ1v) is 16.9. The largest absolute Gasteiger partial charge is 0.480 e. The number of nitrogens with zero attached hydrogens (tertiary/aromatic N) is 3. The summed E-state index contributed by atoms with van der Waals surface area (Å²) in [5, 5.41) is 14.0. The summed E-state index contributed by atoms with van der Waals surface area (Å²) in [7, 11) is 1.83. The fourth-order valence-electron chi connectivity index (χ4n) is 8.22. The van der Waals surface area contributed by atoms with Crippen molar-refractivity contribution < 1.29 is 28.6 Å². The van der Waals surface area contributed by atoms with Gasteiger partial charge < -0.3 is 24.8 Å². The number of amides is 1. The lowest BCUT2D eigenvalue weighted by Crippen LogP contribution is -2.43. The summed E-state index contributed by atoms with van der Waals surface area (Å²) >= 11 is 0. The SMILES string of the molecule is CN([C@H]1CC[C@H](OCCCCc2ccc3c(n2)NCCC3)C1)[C@H](C(=O)O)c1cc(F)cc2c1C1(CC1)C(=O)N2C1CCOCC1. The van der Waals surface area contributed by atoms with Crippen LogP contribution in [0.5, 0.6) is 0 Å². The molecule has 7 rings (SSSR count). The highest BCUT2D eigenvalue weighted by Crippen LogP contribution is 2.60. The van der Waals surface area contributed by atoms with E-state index in [1.165, 1.54) is 17.7 Å². The van der Waals surface area contributed by atoms with Gasteiger partial charge in [-0.25, -0.2) is 9.37 Å². The maximum atomic E-state index is 15.3. The highest BCUT2D eigenvalue weighted by Gasteiger charge is 2.62. The number of rotatable bonds is 11. The number of unbranched alkanes of at least 4 members (excludes halogenated alkanes) is 1. The molecule has 45 heavy (non-hydrogen) atoms. The minimum absolute atomic E-state index is 0.00329. The molecule has 3 fully saturated rings. The second-order valence-electron chi connectivity index (χ2n) is 13.7. The average Bonchev–Trinajstić information content (AvgIpc) is 3.63. The first kappa shape index (κ1) is 30.6. The Labute approximate surface area is 264 Å². The van der Waals surface area contributed by atoms with E-state index in [9.17, 15) is 14.7 Å². The third kappa shape index (κ3) is 5.85. The van der Waals surface area contributed by atoms with Gasteiger partial charge in [0.2, 0.25) is 5.91 Å². The number of pyridine rings is 1. The molecule has 2 N–H and O–H groups in total. The van der Waals surface area contributed by atoms with Crippen LogP contribution in [-0.2, 0) is 37.3 Å². The molecule has 0 radical (unpaired) electrons. The molecule has 0 unspecified atom stereocenters. The van der Waals surface area contributed by atoms with Crippen molar-refractivity contribution in [3.63, 3.8) is 0 Å². The van der Waals surface area contributed by atoms with E-state index in [1.54, 1.807) is 4.90 Å². The average molecular weight is 621 g/mol. The molecule has 2 aromatic rings. The Morgan fingerprint density at radius 3 is 2.82 bits per heavy atom. The lowest BCUT2D eigenvalue weighted by molar-refractivity contribution is -0.144. The van der Waals surface area contributed by atoms with E-state index in [-0.39, 0.29) is 24.1 Å². The molecule has 3 aliphatic heterocycles. The summed E-state index contributed by atoms with van der Waals surface area (Å²) in [6, 6.07) is 6.03. The molecule has 2 aliphatic carbocycles. The highest BCUT2D eigenvalue weighted by molar-refractivity contribution is 6.11. The van der Waals surface area contributed by atoms with Crippen LogP contribution in [0.3, 0.4) is 0 Å². The van der Waals surface area contributed by atoms with E-state index in [1.807, 2.05) is 11.9 Å². The molecule has 4 heterocycles. The minimum atomic E-state index is -1.04. The number of anilines is 2. The van der Waals surface area contributed by atoms with E-state index in [0.717, 1.165) is 75.0 Å². The van der Waals surface area contributed by atoms with Gasteiger partial charge in [-0.15, -0.1) is 0 Å². The van der Waals surface area contributed by atoms with Gasteiger partial charge in [-0.2, -0.15) is 0 Å². The van der Waals surface area contributed by atoms with Gasteiger partial charge in [0.1, 0.15) is 17.7 Å². The standard InChI is InChI=1S/C35H45FN4O5/c1-39(26-9-10-27(21-26)45-16-3-2-6-24-8-7-22-5-4-15-37-32(22)38-24)31(33(41)42)28-19-23(36)20-29-30(28)35(13-14-35)34(43)40(29)25-11-17-44-18-12-25/h7-8,19-20,25-27,31H,2-6,9-18,21H2,1H3,(H,37,38)(H,41,42)/t26-,27-,31-/m0/s1. The van der Waals surface area contributed by atoms with E-state index < -0.39 is 23.2 Å². The monoisotopic (exact) mass is 620 g/mol. The minimum Gasteiger partial charge on any atom is -0.480 e. The predicted molar refractivity (Wildman–Crippen MR) is 168 cm³/mol. The van der Waals surface area contributed by atoms with Crippen molar-refractivity contribution in [3.8, 4) is 0 Å². The lowest BCUT2D eigenvalue weighted by Gasteiger charge is -2.33. The number of ether oxygens (including phenoxy) is 2. The molecular weight excluding hydrogens is 575 g/mol. The van der Waals surface area contributed by atoms with Gasteiger partial charge in [0.05, 0.1) is 17.2 Å². The molecule has 1 saturated heterocycles. The second-order valence-corrected chi connectivity index (χ2v) is 13.7. The third-order valence-corrected chi connectivity index (χ3v) is 10.8. The zero-order valence-corrected chi connectivity index (χ0v) is 26.2. The number of hydrogen-bond acceptors (Lipinski definition) is 7. The van der Waals surface area contributed by atoms with Crippen molar-refractivity contribution in [1.29, 1.82) is 0 Å². The molecule has 9 nitrogen and oxygen atoms in total. The van der Waals surface area contributed by atoms with Gasteiger partial charge in [0.15, 0.2) is 0 Å². The van der Waals surface area contributed by atoms with Crippen LogP contribution in [-0.4, -0.2) is 78.5 Å². The topological polar surface area (TPSA) is 104 Å². The van der Waals surface area contributed by atoms with Crippen molar-refractivity contribution in [3.05, 3.63) is 52.5 Å². The number of likely N-dealkylation sites (N-methyl/N-ethyl adjacent to an activating group) is 1. The predicted octanol–water partition coefficient (Wildman–Crippen LogP) is 5.15. The number of carboxylic acids is 1. The Bertz CT molecular complexity index is 1440. The van der Waals surface area contributed by atoms with E-state index in [4.69, 9.17) is 14.5 Å². The number of nitrogens with one attached hydrogen (secondary N) is 1. The maximum absolute atomic E-state index is 15.3. The van der Waals surface area contributed by atoms with E-state index >= 15 is 4.39 Å². The molecule has 2 saturated carbocycles. The van der Waals surface area contributed by atoms with Crippen LogP contribution >= 0.6 is 0 Å². The van der Waals surface area contributed by atoms with Gasteiger partial charge in [-0.3, -0.25) is 14.5 Å². The summed E-state index contributed by atoms with van der Waals surface area (Å²) in [6.45, 7) is 2.78. The van der Waals surface area contributed by atoms with Crippen LogP contribution in [0.15, 0.2) is 24.3 Å². The Kier molecular flexibility index (Phi) is 8.56. The van der Waals surface area contributed by atoms with Crippen LogP contribution in [0.25, 0.3) is 0 Å². The van der Waals surface area contributed by atoms with Crippen LogP contribution in [0.4, 0.5) is 15.9 Å². The molecule has 1 amide bonds. The molecule has 0 bridgehead atoms. The van der Waals surface area contributed by atoms with Gasteiger partial charge in [0, 0.05) is 44.1 Å². The van der Waals surface area contributed by atoms with Crippen molar-refractivity contribution in [2.24, 2.45) is 0 Å². The Hall–Kier alpha value is -3.08. The van der Waals surface area contributed by atoms with Crippen molar-refractivity contribution >= 4 is 23.4 Å². The van der Waals surface area contributed by atoms with Gasteiger partial charge in [-0.1, -0.05) is 6.07 Å². The molecule has 242 valence electrons. The number of hydrogen-bond donors (Lipinski definition) is 2. The molecule has 1 aromatic carbocycles. The summed E-state index contributed by atoms with van der Waals surface area (Å²) in [4.78, 5) is 35.2. The number of halogens is 1. The van der Waals surface area contributed by atoms with Gasteiger partial charge in [0.25, 0.3) is 0 Å². The van der Waals surface area contributed by atoms with Gasteiger partial charge in [-0.05, 0) is 119 Å². The Balaban J connectivity index is 0.993. The number of aryl methyl sites for hydroxylation is 2. The fraction of sp³-hybridized carbons (Fsp3) is 0.629. The summed E-state index contributed by atoms with van der Waals surface area (Å²) in [6.07, 6.45) is 10.3. The van der Waals surface area contributed by atoms with Crippen LogP contribution in [0.1, 0.15) is 92.6 Å².